The number of urea groups is 1. The maximum absolute atomic E-state index is 14.0. The van der Waals surface area contributed by atoms with Crippen molar-refractivity contribution in [2.75, 3.05) is 6.54 Å². The Morgan fingerprint density at radius 1 is 1.15 bits per heavy atom. The lowest BCUT2D eigenvalue weighted by Gasteiger charge is -2.26. The van der Waals surface area contributed by atoms with Gasteiger partial charge in [0.15, 0.2) is 5.54 Å². The molecule has 0 saturated carbocycles. The number of amides is 4. The fourth-order valence-corrected chi connectivity index (χ4v) is 3.73. The van der Waals surface area contributed by atoms with Crippen LogP contribution < -0.4 is 16.0 Å². The first-order chi connectivity index (χ1) is 16.0. The van der Waals surface area contributed by atoms with Crippen molar-refractivity contribution in [3.8, 4) is 11.1 Å². The van der Waals surface area contributed by atoms with Crippen molar-refractivity contribution in [2.45, 2.75) is 11.7 Å². The number of hydrogen-bond acceptors (Lipinski definition) is 4. The van der Waals surface area contributed by atoms with Crippen LogP contribution in [0.25, 0.3) is 11.1 Å². The first-order valence-electron chi connectivity index (χ1n) is 9.88. The monoisotopic (exact) mass is 475 g/mol. The highest BCUT2D eigenvalue weighted by Crippen LogP contribution is 2.32. The summed E-state index contributed by atoms with van der Waals surface area (Å²) in [7, 11) is 1.60. The standard InChI is InChI=1S/C22H17F4N5O3/c1-31-9-8-27-18(31)21(19(33)29-20(34)30-21)11-28-17(32)15-7-6-14(23)10-16(15)12-2-4-13(5-3-12)22(24,25)26/h2-10H,11H2,1H3,(H,28,32)(H2,29,30,33,34). The van der Waals surface area contributed by atoms with Gasteiger partial charge in [-0.05, 0) is 41.5 Å². The Balaban J connectivity index is 1.65. The minimum absolute atomic E-state index is 0.0409. The number of carbonyl (C=O) groups excluding carboxylic acids is 3. The first-order valence-corrected chi connectivity index (χ1v) is 9.88. The molecule has 176 valence electrons. The second kappa shape index (κ2) is 8.28. The zero-order valence-corrected chi connectivity index (χ0v) is 17.5. The van der Waals surface area contributed by atoms with Gasteiger partial charge in [-0.15, -0.1) is 0 Å². The molecule has 0 radical (unpaired) electrons. The van der Waals surface area contributed by atoms with E-state index < -0.39 is 47.5 Å². The van der Waals surface area contributed by atoms with Crippen molar-refractivity contribution in [1.29, 1.82) is 0 Å². The maximum atomic E-state index is 14.0. The zero-order valence-electron chi connectivity index (χ0n) is 17.5. The molecule has 2 heterocycles. The van der Waals surface area contributed by atoms with Crippen LogP contribution >= 0.6 is 0 Å². The van der Waals surface area contributed by atoms with E-state index in [0.29, 0.717) is 0 Å². The molecule has 1 fully saturated rings. The molecule has 1 aliphatic rings. The molecule has 4 amide bonds. The zero-order chi connectivity index (χ0) is 24.7. The number of halogens is 4. The molecule has 8 nitrogen and oxygen atoms in total. The smallest absolute Gasteiger partial charge is 0.349 e. The van der Waals surface area contributed by atoms with Crippen molar-refractivity contribution in [3.63, 3.8) is 0 Å². The Hall–Kier alpha value is -4.22. The number of rotatable bonds is 5. The van der Waals surface area contributed by atoms with Crippen LogP contribution in [0.2, 0.25) is 0 Å². The third-order valence-electron chi connectivity index (χ3n) is 5.41. The van der Waals surface area contributed by atoms with Crippen LogP contribution in [0.15, 0.2) is 54.9 Å². The molecule has 12 heteroatoms. The van der Waals surface area contributed by atoms with E-state index in [0.717, 1.165) is 36.4 Å². The summed E-state index contributed by atoms with van der Waals surface area (Å²) in [4.78, 5) is 41.6. The largest absolute Gasteiger partial charge is 0.416 e. The van der Waals surface area contributed by atoms with Gasteiger partial charge in [0.2, 0.25) is 0 Å². The van der Waals surface area contributed by atoms with Gasteiger partial charge in [0, 0.05) is 25.0 Å². The molecule has 3 N–H and O–H groups in total. The Morgan fingerprint density at radius 3 is 2.41 bits per heavy atom. The number of aryl methyl sites for hydroxylation is 1. The fraction of sp³-hybridized carbons (Fsp3) is 0.182. The van der Waals surface area contributed by atoms with Crippen molar-refractivity contribution in [2.24, 2.45) is 7.05 Å². The summed E-state index contributed by atoms with van der Waals surface area (Å²) in [5.41, 5.74) is -2.39. The highest BCUT2D eigenvalue weighted by Gasteiger charge is 2.50. The Morgan fingerprint density at radius 2 is 1.85 bits per heavy atom. The van der Waals surface area contributed by atoms with E-state index in [1.165, 1.54) is 16.8 Å². The summed E-state index contributed by atoms with van der Waals surface area (Å²) < 4.78 is 54.1. The summed E-state index contributed by atoms with van der Waals surface area (Å²) in [5, 5.41) is 7.14. The van der Waals surface area contributed by atoms with Crippen molar-refractivity contribution < 1.29 is 31.9 Å². The fourth-order valence-electron chi connectivity index (χ4n) is 3.73. The van der Waals surface area contributed by atoms with Gasteiger partial charge < -0.3 is 15.2 Å². The van der Waals surface area contributed by atoms with Gasteiger partial charge in [-0.1, -0.05) is 12.1 Å². The van der Waals surface area contributed by atoms with E-state index in [4.69, 9.17) is 0 Å². The number of aromatic nitrogens is 2. The van der Waals surface area contributed by atoms with Crippen LogP contribution in [0.3, 0.4) is 0 Å². The molecule has 3 aromatic rings. The molecule has 1 aliphatic heterocycles. The van der Waals surface area contributed by atoms with Crippen LogP contribution in [0.1, 0.15) is 21.7 Å². The lowest BCUT2D eigenvalue weighted by molar-refractivity contribution is -0.137. The van der Waals surface area contributed by atoms with Gasteiger partial charge in [0.25, 0.3) is 11.8 Å². The van der Waals surface area contributed by atoms with Crippen molar-refractivity contribution in [1.82, 2.24) is 25.5 Å². The molecule has 2 aromatic carbocycles. The van der Waals surface area contributed by atoms with Gasteiger partial charge in [0.05, 0.1) is 12.1 Å². The Kier molecular flexibility index (Phi) is 5.59. The van der Waals surface area contributed by atoms with Gasteiger partial charge in [-0.3, -0.25) is 14.9 Å². The van der Waals surface area contributed by atoms with Crippen LogP contribution in [-0.4, -0.2) is 33.9 Å². The van der Waals surface area contributed by atoms with Crippen LogP contribution in [0.5, 0.6) is 0 Å². The maximum Gasteiger partial charge on any atom is 0.416 e. The SMILES string of the molecule is Cn1ccnc1C1(CNC(=O)c2ccc(F)cc2-c2ccc(C(F)(F)F)cc2)NC(=O)NC1=O. The number of benzene rings is 2. The number of hydrogen-bond donors (Lipinski definition) is 3. The van der Waals surface area contributed by atoms with E-state index in [2.05, 4.69) is 20.9 Å². The molecule has 4 rings (SSSR count). The molecule has 1 aromatic heterocycles. The van der Waals surface area contributed by atoms with E-state index in [1.54, 1.807) is 13.2 Å². The summed E-state index contributed by atoms with van der Waals surface area (Å²) in [6.45, 7) is -0.391. The number of alkyl halides is 3. The van der Waals surface area contributed by atoms with E-state index >= 15 is 0 Å². The number of nitrogens with zero attached hydrogens (tertiary/aromatic N) is 2. The van der Waals surface area contributed by atoms with Gasteiger partial charge in [-0.2, -0.15) is 13.2 Å². The predicted molar refractivity (Wildman–Crippen MR) is 111 cm³/mol. The molecular formula is C22H17F4N5O3. The van der Waals surface area contributed by atoms with Crippen LogP contribution in [0, 0.1) is 5.82 Å². The second-order valence-corrected chi connectivity index (χ2v) is 7.62. The molecule has 0 spiro atoms. The van der Waals surface area contributed by atoms with E-state index in [9.17, 15) is 31.9 Å². The van der Waals surface area contributed by atoms with Gasteiger partial charge in [0.1, 0.15) is 11.6 Å². The average Bonchev–Trinajstić information content (AvgIpc) is 3.33. The molecule has 0 bridgehead atoms. The van der Waals surface area contributed by atoms with Crippen molar-refractivity contribution >= 4 is 17.8 Å². The summed E-state index contributed by atoms with van der Waals surface area (Å²) in [6, 6.07) is 6.39. The third kappa shape index (κ3) is 4.09. The lowest BCUT2D eigenvalue weighted by atomic mass is 9.96. The number of nitrogens with one attached hydrogen (secondary N) is 3. The molecular weight excluding hydrogens is 458 g/mol. The number of imide groups is 1. The highest BCUT2D eigenvalue weighted by molar-refractivity contribution is 6.08. The predicted octanol–water partition coefficient (Wildman–Crippen LogP) is 2.71. The van der Waals surface area contributed by atoms with E-state index in [1.807, 2.05) is 0 Å². The lowest BCUT2D eigenvalue weighted by Crippen LogP contribution is -2.54. The topological polar surface area (TPSA) is 105 Å². The number of carbonyl (C=O) groups is 3. The molecule has 1 saturated heterocycles. The Labute approximate surface area is 190 Å². The second-order valence-electron chi connectivity index (χ2n) is 7.62. The van der Waals surface area contributed by atoms with Crippen molar-refractivity contribution in [3.05, 3.63) is 77.6 Å². The number of imidazole rings is 1. The summed E-state index contributed by atoms with van der Waals surface area (Å²) in [6.07, 6.45) is -1.58. The quantitative estimate of drug-likeness (QED) is 0.390. The summed E-state index contributed by atoms with van der Waals surface area (Å²) in [5.74, 6) is -2.00. The molecule has 1 atom stereocenters. The van der Waals surface area contributed by atoms with Gasteiger partial charge >= 0.3 is 12.2 Å². The Bertz CT molecular complexity index is 1290. The first kappa shape index (κ1) is 23.0. The molecule has 0 aliphatic carbocycles. The normalized spacial score (nSPS) is 17.9. The highest BCUT2D eigenvalue weighted by atomic mass is 19.4. The third-order valence-corrected chi connectivity index (χ3v) is 5.41. The van der Waals surface area contributed by atoms with Crippen LogP contribution in [0.4, 0.5) is 22.4 Å². The minimum Gasteiger partial charge on any atom is -0.349 e. The van der Waals surface area contributed by atoms with Gasteiger partial charge in [-0.25, -0.2) is 14.2 Å². The van der Waals surface area contributed by atoms with E-state index in [-0.39, 0.29) is 22.5 Å². The summed E-state index contributed by atoms with van der Waals surface area (Å²) >= 11 is 0. The molecule has 1 unspecified atom stereocenters. The molecule has 34 heavy (non-hydrogen) atoms. The average molecular weight is 475 g/mol. The minimum atomic E-state index is -4.55. The van der Waals surface area contributed by atoms with Crippen LogP contribution in [-0.2, 0) is 23.6 Å².